The summed E-state index contributed by atoms with van der Waals surface area (Å²) in [6.07, 6.45) is 0. The summed E-state index contributed by atoms with van der Waals surface area (Å²) in [6, 6.07) is 7.16. The van der Waals surface area contributed by atoms with Crippen molar-refractivity contribution in [1.29, 1.82) is 0 Å². The van der Waals surface area contributed by atoms with Gasteiger partial charge in [0.2, 0.25) is 11.8 Å². The highest BCUT2D eigenvalue weighted by Gasteiger charge is 2.11. The quantitative estimate of drug-likeness (QED) is 0.776. The topological polar surface area (TPSA) is 70.7 Å². The summed E-state index contributed by atoms with van der Waals surface area (Å²) < 4.78 is 5.14. The van der Waals surface area contributed by atoms with Crippen LogP contribution < -0.4 is 15.4 Å². The molecule has 0 aliphatic heterocycles. The summed E-state index contributed by atoms with van der Waals surface area (Å²) in [6.45, 7) is 0.307. The van der Waals surface area contributed by atoms with Gasteiger partial charge in [0.15, 0.2) is 0 Å². The van der Waals surface area contributed by atoms with Gasteiger partial charge < -0.3 is 15.4 Å². The minimum absolute atomic E-state index is 0.130. The molecule has 0 saturated carbocycles. The van der Waals surface area contributed by atoms with E-state index < -0.39 is 0 Å². The Hall–Kier alpha value is -2.08. The number of anilines is 1. The van der Waals surface area contributed by atoms with Crippen molar-refractivity contribution in [2.75, 3.05) is 39.6 Å². The van der Waals surface area contributed by atoms with Crippen LogP contribution in [0.15, 0.2) is 24.3 Å². The van der Waals surface area contributed by atoms with Crippen LogP contribution in [0.25, 0.3) is 0 Å². The van der Waals surface area contributed by atoms with E-state index in [0.29, 0.717) is 11.4 Å². The molecule has 2 amide bonds. The lowest BCUT2D eigenvalue weighted by atomic mass is 10.3. The van der Waals surface area contributed by atoms with Crippen molar-refractivity contribution in [2.45, 2.75) is 0 Å². The zero-order valence-corrected chi connectivity index (χ0v) is 11.4. The maximum Gasteiger partial charge on any atom is 0.238 e. The van der Waals surface area contributed by atoms with E-state index >= 15 is 0 Å². The number of carbonyl (C=O) groups excluding carboxylic acids is 2. The smallest absolute Gasteiger partial charge is 0.238 e. The minimum atomic E-state index is -0.198. The number of likely N-dealkylation sites (N-methyl/N-ethyl adjacent to an activating group) is 2. The van der Waals surface area contributed by atoms with Gasteiger partial charge in [-0.2, -0.15) is 0 Å². The molecule has 0 aromatic heterocycles. The second-order valence-corrected chi connectivity index (χ2v) is 4.09. The summed E-state index contributed by atoms with van der Waals surface area (Å²) in [5, 5.41) is 5.25. The molecule has 0 radical (unpaired) electrons. The maximum absolute atomic E-state index is 11.8. The fourth-order valence-corrected chi connectivity index (χ4v) is 1.56. The Balaban J connectivity index is 2.53. The van der Waals surface area contributed by atoms with Crippen molar-refractivity contribution in [3.63, 3.8) is 0 Å². The molecule has 2 N–H and O–H groups in total. The molecule has 6 heteroatoms. The minimum Gasteiger partial charge on any atom is -0.495 e. The first-order chi connectivity index (χ1) is 9.06. The molecule has 0 fully saturated rings. The number of nitrogens with zero attached hydrogens (tertiary/aromatic N) is 1. The van der Waals surface area contributed by atoms with Gasteiger partial charge in [-0.05, 0) is 19.2 Å². The molecule has 1 aromatic carbocycles. The molecule has 0 atom stereocenters. The summed E-state index contributed by atoms with van der Waals surface area (Å²) >= 11 is 0. The van der Waals surface area contributed by atoms with Gasteiger partial charge in [0, 0.05) is 7.05 Å². The highest BCUT2D eigenvalue weighted by Crippen LogP contribution is 2.22. The lowest BCUT2D eigenvalue weighted by Gasteiger charge is -2.16. The Bertz CT molecular complexity index is 449. The van der Waals surface area contributed by atoms with E-state index in [4.69, 9.17) is 4.74 Å². The number of amides is 2. The third kappa shape index (κ3) is 4.97. The SMILES string of the molecule is CNC(=O)CN(C)CC(=O)Nc1ccccc1OC. The molecule has 0 saturated heterocycles. The van der Waals surface area contributed by atoms with Crippen LogP contribution in [0.2, 0.25) is 0 Å². The normalized spacial score (nSPS) is 10.1. The Morgan fingerprint density at radius 2 is 1.84 bits per heavy atom. The second kappa shape index (κ2) is 7.38. The van der Waals surface area contributed by atoms with Gasteiger partial charge in [-0.3, -0.25) is 14.5 Å². The molecule has 1 aromatic rings. The second-order valence-electron chi connectivity index (χ2n) is 4.09. The predicted octanol–water partition coefficient (Wildman–Crippen LogP) is 0.312. The number of carbonyl (C=O) groups is 2. The van der Waals surface area contributed by atoms with E-state index in [0.717, 1.165) is 0 Å². The van der Waals surface area contributed by atoms with Crippen LogP contribution in [-0.4, -0.2) is 51.0 Å². The van der Waals surface area contributed by atoms with Crippen LogP contribution in [-0.2, 0) is 9.59 Å². The maximum atomic E-state index is 11.8. The summed E-state index contributed by atoms with van der Waals surface area (Å²) in [4.78, 5) is 24.6. The molecular weight excluding hydrogens is 246 g/mol. The molecule has 0 aliphatic rings. The third-order valence-corrected chi connectivity index (χ3v) is 2.49. The fourth-order valence-electron chi connectivity index (χ4n) is 1.56. The van der Waals surface area contributed by atoms with Gasteiger partial charge in [-0.1, -0.05) is 12.1 Å². The molecule has 104 valence electrons. The van der Waals surface area contributed by atoms with Crippen LogP contribution in [0.5, 0.6) is 5.75 Å². The lowest BCUT2D eigenvalue weighted by molar-refractivity contribution is -0.122. The number of methoxy groups -OCH3 is 1. The highest BCUT2D eigenvalue weighted by atomic mass is 16.5. The molecular formula is C13H19N3O3. The molecule has 0 aliphatic carbocycles. The monoisotopic (exact) mass is 265 g/mol. The highest BCUT2D eigenvalue weighted by molar-refractivity contribution is 5.94. The zero-order chi connectivity index (χ0) is 14.3. The first-order valence-corrected chi connectivity index (χ1v) is 5.88. The van der Waals surface area contributed by atoms with Crippen LogP contribution in [0.4, 0.5) is 5.69 Å². The van der Waals surface area contributed by atoms with Crippen LogP contribution >= 0.6 is 0 Å². The van der Waals surface area contributed by atoms with Crippen molar-refractivity contribution < 1.29 is 14.3 Å². The van der Waals surface area contributed by atoms with Crippen LogP contribution in [0.3, 0.4) is 0 Å². The number of benzene rings is 1. The summed E-state index contributed by atoms with van der Waals surface area (Å²) in [7, 11) is 4.81. The van der Waals surface area contributed by atoms with Crippen molar-refractivity contribution in [2.24, 2.45) is 0 Å². The predicted molar refractivity (Wildman–Crippen MR) is 73.2 cm³/mol. The molecule has 0 heterocycles. The van der Waals surface area contributed by atoms with Gasteiger partial charge in [-0.15, -0.1) is 0 Å². The largest absolute Gasteiger partial charge is 0.495 e. The van der Waals surface area contributed by atoms with Crippen LogP contribution in [0.1, 0.15) is 0 Å². The van der Waals surface area contributed by atoms with E-state index in [1.165, 1.54) is 0 Å². The van der Waals surface area contributed by atoms with Gasteiger partial charge >= 0.3 is 0 Å². The number of rotatable bonds is 6. The average Bonchev–Trinajstić information content (AvgIpc) is 2.38. The average molecular weight is 265 g/mol. The van der Waals surface area contributed by atoms with Crippen LogP contribution in [0, 0.1) is 0 Å². The zero-order valence-electron chi connectivity index (χ0n) is 11.4. The Morgan fingerprint density at radius 1 is 1.21 bits per heavy atom. The first kappa shape index (κ1) is 15.0. The van der Waals surface area contributed by atoms with E-state index in [1.54, 1.807) is 38.2 Å². The Morgan fingerprint density at radius 3 is 2.47 bits per heavy atom. The van der Waals surface area contributed by atoms with E-state index in [2.05, 4.69) is 10.6 Å². The number of nitrogens with one attached hydrogen (secondary N) is 2. The van der Waals surface area contributed by atoms with E-state index in [-0.39, 0.29) is 24.9 Å². The Kier molecular flexibility index (Phi) is 5.81. The van der Waals surface area contributed by atoms with E-state index in [9.17, 15) is 9.59 Å². The molecule has 1 rings (SSSR count). The molecule has 0 unspecified atom stereocenters. The number of hydrogen-bond acceptors (Lipinski definition) is 4. The summed E-state index contributed by atoms with van der Waals surface area (Å²) in [5.41, 5.74) is 0.614. The Labute approximate surface area is 112 Å². The first-order valence-electron chi connectivity index (χ1n) is 5.88. The van der Waals surface area contributed by atoms with Gasteiger partial charge in [0.05, 0.1) is 25.9 Å². The van der Waals surface area contributed by atoms with Crippen molar-refractivity contribution >= 4 is 17.5 Å². The van der Waals surface area contributed by atoms with Crippen molar-refractivity contribution in [1.82, 2.24) is 10.2 Å². The molecule has 19 heavy (non-hydrogen) atoms. The van der Waals surface area contributed by atoms with E-state index in [1.807, 2.05) is 12.1 Å². The van der Waals surface area contributed by atoms with Crippen molar-refractivity contribution in [3.8, 4) is 5.75 Å². The number of hydrogen-bond donors (Lipinski definition) is 2. The van der Waals surface area contributed by atoms with Gasteiger partial charge in [0.25, 0.3) is 0 Å². The summed E-state index contributed by atoms with van der Waals surface area (Å²) in [5.74, 6) is 0.272. The third-order valence-electron chi connectivity index (χ3n) is 2.49. The molecule has 0 bridgehead atoms. The molecule has 6 nitrogen and oxygen atoms in total. The molecule has 0 spiro atoms. The lowest BCUT2D eigenvalue weighted by Crippen LogP contribution is -2.37. The van der Waals surface area contributed by atoms with Gasteiger partial charge in [0.1, 0.15) is 5.75 Å². The number of para-hydroxylation sites is 2. The van der Waals surface area contributed by atoms with Crippen molar-refractivity contribution in [3.05, 3.63) is 24.3 Å². The standard InChI is InChI=1S/C13H19N3O3/c1-14-12(17)8-16(2)9-13(18)15-10-6-4-5-7-11(10)19-3/h4-7H,8-9H2,1-3H3,(H,14,17)(H,15,18). The number of ether oxygens (including phenoxy) is 1. The van der Waals surface area contributed by atoms with Gasteiger partial charge in [-0.25, -0.2) is 0 Å². The fraction of sp³-hybridized carbons (Fsp3) is 0.385.